The van der Waals surface area contributed by atoms with Gasteiger partial charge in [-0.3, -0.25) is 9.78 Å². The topological polar surface area (TPSA) is 82.5 Å². The zero-order valence-electron chi connectivity index (χ0n) is 11.8. The van der Waals surface area contributed by atoms with E-state index in [0.717, 1.165) is 6.20 Å². The van der Waals surface area contributed by atoms with Gasteiger partial charge >= 0.3 is 12.0 Å². The van der Waals surface area contributed by atoms with Gasteiger partial charge in [0.25, 0.3) is 0 Å². The number of aliphatic carboxylic acids is 1. The molecule has 0 bridgehead atoms. The molecule has 1 saturated heterocycles. The summed E-state index contributed by atoms with van der Waals surface area (Å²) in [4.78, 5) is 28.4. The Morgan fingerprint density at radius 1 is 1.52 bits per heavy atom. The second kappa shape index (κ2) is 6.51. The molecule has 0 radical (unpaired) electrons. The number of carbonyl (C=O) groups excluding carboxylic acids is 1. The zero-order chi connectivity index (χ0) is 15.4. The molecular formula is C14H18FN3O3. The normalized spacial score (nSPS) is 19.9. The summed E-state index contributed by atoms with van der Waals surface area (Å²) < 4.78 is 13.1. The Morgan fingerprint density at radius 3 is 2.95 bits per heavy atom. The number of amides is 2. The maximum atomic E-state index is 13.1. The van der Waals surface area contributed by atoms with Gasteiger partial charge in [-0.05, 0) is 31.4 Å². The molecule has 2 amide bonds. The van der Waals surface area contributed by atoms with E-state index in [2.05, 4.69) is 10.3 Å². The molecule has 0 aromatic carbocycles. The largest absolute Gasteiger partial charge is 0.481 e. The van der Waals surface area contributed by atoms with E-state index in [0.29, 0.717) is 24.9 Å². The van der Waals surface area contributed by atoms with Gasteiger partial charge in [-0.25, -0.2) is 9.18 Å². The highest BCUT2D eigenvalue weighted by Gasteiger charge is 2.28. The van der Waals surface area contributed by atoms with Crippen LogP contribution in [-0.2, 0) is 4.79 Å². The molecular weight excluding hydrogens is 277 g/mol. The highest BCUT2D eigenvalue weighted by Crippen LogP contribution is 2.18. The van der Waals surface area contributed by atoms with Crippen molar-refractivity contribution in [3.8, 4) is 0 Å². The smallest absolute Gasteiger partial charge is 0.317 e. The van der Waals surface area contributed by atoms with Crippen LogP contribution in [0.1, 0.15) is 31.4 Å². The fourth-order valence-electron chi connectivity index (χ4n) is 2.39. The molecule has 0 spiro atoms. The predicted octanol–water partition coefficient (Wildman–Crippen LogP) is 1.79. The molecule has 6 nitrogen and oxygen atoms in total. The SMILES string of the molecule is CC(NC(=O)N1CCCC(C(=O)O)C1)c1cncc(F)c1. The number of carboxylic acids is 1. The fourth-order valence-corrected chi connectivity index (χ4v) is 2.39. The molecule has 7 heteroatoms. The zero-order valence-corrected chi connectivity index (χ0v) is 11.8. The number of hydrogen-bond donors (Lipinski definition) is 2. The van der Waals surface area contributed by atoms with Crippen LogP contribution in [0, 0.1) is 11.7 Å². The molecule has 1 aliphatic rings. The summed E-state index contributed by atoms with van der Waals surface area (Å²) in [6, 6.07) is 0.581. The van der Waals surface area contributed by atoms with Crippen molar-refractivity contribution < 1.29 is 19.1 Å². The lowest BCUT2D eigenvalue weighted by Crippen LogP contribution is -2.47. The third kappa shape index (κ3) is 3.90. The number of carbonyl (C=O) groups is 2. The van der Waals surface area contributed by atoms with E-state index in [-0.39, 0.29) is 12.6 Å². The van der Waals surface area contributed by atoms with Gasteiger partial charge in [-0.2, -0.15) is 0 Å². The summed E-state index contributed by atoms with van der Waals surface area (Å²) in [6.45, 7) is 2.46. The quantitative estimate of drug-likeness (QED) is 0.890. The fraction of sp³-hybridized carbons (Fsp3) is 0.500. The average Bonchev–Trinajstić information content (AvgIpc) is 2.47. The van der Waals surface area contributed by atoms with Gasteiger partial charge in [0, 0.05) is 19.3 Å². The van der Waals surface area contributed by atoms with E-state index in [4.69, 9.17) is 5.11 Å². The third-order valence-corrected chi connectivity index (χ3v) is 3.62. The van der Waals surface area contributed by atoms with Crippen LogP contribution in [0.25, 0.3) is 0 Å². The Labute approximate surface area is 122 Å². The van der Waals surface area contributed by atoms with Crippen LogP contribution in [0.3, 0.4) is 0 Å². The van der Waals surface area contributed by atoms with Crippen molar-refractivity contribution in [1.29, 1.82) is 0 Å². The van der Waals surface area contributed by atoms with Crippen LogP contribution in [0.5, 0.6) is 0 Å². The van der Waals surface area contributed by atoms with Crippen molar-refractivity contribution in [2.24, 2.45) is 5.92 Å². The molecule has 1 aliphatic heterocycles. The first-order valence-corrected chi connectivity index (χ1v) is 6.86. The second-order valence-electron chi connectivity index (χ2n) is 5.23. The van der Waals surface area contributed by atoms with Gasteiger partial charge in [-0.15, -0.1) is 0 Å². The summed E-state index contributed by atoms with van der Waals surface area (Å²) in [5.74, 6) is -1.86. The number of halogens is 1. The highest BCUT2D eigenvalue weighted by atomic mass is 19.1. The van der Waals surface area contributed by atoms with Gasteiger partial charge in [0.05, 0.1) is 18.2 Å². The Hall–Kier alpha value is -2.18. The maximum absolute atomic E-state index is 13.1. The summed E-state index contributed by atoms with van der Waals surface area (Å²) in [5, 5.41) is 11.8. The van der Waals surface area contributed by atoms with Gasteiger partial charge < -0.3 is 15.3 Å². The molecule has 2 heterocycles. The van der Waals surface area contributed by atoms with Crippen LogP contribution in [-0.4, -0.2) is 40.1 Å². The van der Waals surface area contributed by atoms with Crippen LogP contribution >= 0.6 is 0 Å². The number of piperidine rings is 1. The lowest BCUT2D eigenvalue weighted by atomic mass is 9.98. The minimum Gasteiger partial charge on any atom is -0.481 e. The Balaban J connectivity index is 1.96. The van der Waals surface area contributed by atoms with Gasteiger partial charge in [-0.1, -0.05) is 0 Å². The molecule has 2 N–H and O–H groups in total. The second-order valence-corrected chi connectivity index (χ2v) is 5.23. The van der Waals surface area contributed by atoms with E-state index < -0.39 is 23.7 Å². The highest BCUT2D eigenvalue weighted by molar-refractivity contribution is 5.76. The van der Waals surface area contributed by atoms with Crippen molar-refractivity contribution in [3.05, 3.63) is 29.8 Å². The molecule has 2 unspecified atom stereocenters. The lowest BCUT2D eigenvalue weighted by molar-refractivity contribution is -0.143. The maximum Gasteiger partial charge on any atom is 0.317 e. The summed E-state index contributed by atoms with van der Waals surface area (Å²) in [6.07, 6.45) is 3.84. The first-order valence-electron chi connectivity index (χ1n) is 6.86. The Kier molecular flexibility index (Phi) is 4.72. The van der Waals surface area contributed by atoms with Crippen molar-refractivity contribution in [2.45, 2.75) is 25.8 Å². The van der Waals surface area contributed by atoms with Gasteiger partial charge in [0.1, 0.15) is 5.82 Å². The first kappa shape index (κ1) is 15.2. The molecule has 0 aliphatic carbocycles. The molecule has 21 heavy (non-hydrogen) atoms. The van der Waals surface area contributed by atoms with E-state index >= 15 is 0 Å². The summed E-state index contributed by atoms with van der Waals surface area (Å²) in [7, 11) is 0. The van der Waals surface area contributed by atoms with Gasteiger partial charge in [0.2, 0.25) is 0 Å². The van der Waals surface area contributed by atoms with Crippen LogP contribution in [0.2, 0.25) is 0 Å². The number of pyridine rings is 1. The van der Waals surface area contributed by atoms with Crippen molar-refractivity contribution in [2.75, 3.05) is 13.1 Å². The predicted molar refractivity (Wildman–Crippen MR) is 73.1 cm³/mol. The lowest BCUT2D eigenvalue weighted by Gasteiger charge is -2.31. The van der Waals surface area contributed by atoms with Gasteiger partial charge in [0.15, 0.2) is 0 Å². The van der Waals surface area contributed by atoms with Crippen LogP contribution < -0.4 is 5.32 Å². The molecule has 1 fully saturated rings. The number of hydrogen-bond acceptors (Lipinski definition) is 3. The number of carboxylic acid groups (broad SMARTS) is 1. The van der Waals surface area contributed by atoms with Crippen molar-refractivity contribution in [3.63, 3.8) is 0 Å². The number of aromatic nitrogens is 1. The molecule has 2 atom stereocenters. The summed E-state index contributed by atoms with van der Waals surface area (Å²) in [5.41, 5.74) is 0.565. The van der Waals surface area contributed by atoms with E-state index in [9.17, 15) is 14.0 Å². The monoisotopic (exact) mass is 295 g/mol. The van der Waals surface area contributed by atoms with Crippen LogP contribution in [0.4, 0.5) is 9.18 Å². The number of urea groups is 1. The molecule has 1 aromatic heterocycles. The summed E-state index contributed by atoms with van der Waals surface area (Å²) >= 11 is 0. The van der Waals surface area contributed by atoms with Crippen molar-refractivity contribution in [1.82, 2.24) is 15.2 Å². The van der Waals surface area contributed by atoms with Crippen molar-refractivity contribution >= 4 is 12.0 Å². The third-order valence-electron chi connectivity index (χ3n) is 3.62. The Morgan fingerprint density at radius 2 is 2.29 bits per heavy atom. The Bertz CT molecular complexity index is 538. The number of likely N-dealkylation sites (tertiary alicyclic amines) is 1. The number of nitrogens with zero attached hydrogens (tertiary/aromatic N) is 2. The minimum atomic E-state index is -0.880. The molecule has 0 saturated carbocycles. The number of nitrogens with one attached hydrogen (secondary N) is 1. The first-order chi connectivity index (χ1) is 9.97. The van der Waals surface area contributed by atoms with Crippen LogP contribution in [0.15, 0.2) is 18.5 Å². The van der Waals surface area contributed by atoms with E-state index in [1.54, 1.807) is 6.92 Å². The molecule has 1 aromatic rings. The average molecular weight is 295 g/mol. The molecule has 114 valence electrons. The molecule has 2 rings (SSSR count). The number of rotatable bonds is 3. The standard InChI is InChI=1S/C14H18FN3O3/c1-9(11-5-12(15)7-16-6-11)17-14(21)18-4-2-3-10(8-18)13(19)20/h5-7,9-10H,2-4,8H2,1H3,(H,17,21)(H,19,20). The van der Waals surface area contributed by atoms with E-state index in [1.165, 1.54) is 17.2 Å². The van der Waals surface area contributed by atoms with E-state index in [1.807, 2.05) is 0 Å². The minimum absolute atomic E-state index is 0.204.